The number of halogens is 1. The number of benzene rings is 3. The Bertz CT molecular complexity index is 1490. The molecule has 1 aliphatic rings. The maximum atomic E-state index is 14.0. The van der Waals surface area contributed by atoms with Crippen molar-refractivity contribution in [1.29, 1.82) is 0 Å². The first-order valence-corrected chi connectivity index (χ1v) is 12.8. The third-order valence-corrected chi connectivity index (χ3v) is 8.01. The van der Waals surface area contributed by atoms with Crippen LogP contribution >= 0.6 is 0 Å². The van der Waals surface area contributed by atoms with Crippen molar-refractivity contribution in [3.05, 3.63) is 89.7 Å². The zero-order valence-corrected chi connectivity index (χ0v) is 20.3. The van der Waals surface area contributed by atoms with E-state index in [2.05, 4.69) is 10.2 Å². The quantitative estimate of drug-likeness (QED) is 0.406. The van der Waals surface area contributed by atoms with E-state index in [1.807, 2.05) is 31.2 Å². The maximum Gasteiger partial charge on any atom is 0.253 e. The second-order valence-electron chi connectivity index (χ2n) is 8.48. The Morgan fingerprint density at radius 2 is 1.39 bits per heavy atom. The van der Waals surface area contributed by atoms with Crippen LogP contribution in [0.25, 0.3) is 22.9 Å². The predicted molar refractivity (Wildman–Crippen MR) is 131 cm³/mol. The van der Waals surface area contributed by atoms with E-state index >= 15 is 0 Å². The van der Waals surface area contributed by atoms with Crippen molar-refractivity contribution in [3.63, 3.8) is 0 Å². The molecular weight excluding hydrogens is 483 g/mol. The van der Waals surface area contributed by atoms with E-state index in [1.54, 1.807) is 29.2 Å². The summed E-state index contributed by atoms with van der Waals surface area (Å²) in [7, 11) is -3.97. The fraction of sp³-hybridized carbons (Fsp3) is 0.192. The highest BCUT2D eigenvalue weighted by atomic mass is 32.2. The van der Waals surface area contributed by atoms with Crippen LogP contribution in [0, 0.1) is 12.7 Å². The summed E-state index contributed by atoms with van der Waals surface area (Å²) in [6.07, 6.45) is 0. The van der Waals surface area contributed by atoms with Crippen LogP contribution in [0.2, 0.25) is 0 Å². The highest BCUT2D eigenvalue weighted by Gasteiger charge is 2.32. The van der Waals surface area contributed by atoms with E-state index in [-0.39, 0.29) is 37.0 Å². The average molecular weight is 507 g/mol. The van der Waals surface area contributed by atoms with Crippen LogP contribution in [-0.2, 0) is 10.0 Å². The van der Waals surface area contributed by atoms with Gasteiger partial charge in [0.15, 0.2) is 0 Å². The molecular formula is C26H23FN4O4S. The minimum atomic E-state index is -3.97. The molecule has 2 heterocycles. The number of hydrogen-bond acceptors (Lipinski definition) is 6. The zero-order valence-electron chi connectivity index (χ0n) is 19.5. The van der Waals surface area contributed by atoms with Gasteiger partial charge in [-0.2, -0.15) is 4.31 Å². The van der Waals surface area contributed by atoms with Crippen LogP contribution < -0.4 is 0 Å². The number of carbonyl (C=O) groups excluding carboxylic acids is 1. The maximum absolute atomic E-state index is 14.0. The normalized spacial score (nSPS) is 14.7. The molecule has 5 rings (SSSR count). The number of aryl methyl sites for hydroxylation is 1. The summed E-state index contributed by atoms with van der Waals surface area (Å²) in [5, 5.41) is 8.22. The van der Waals surface area contributed by atoms with E-state index in [9.17, 15) is 17.6 Å². The van der Waals surface area contributed by atoms with E-state index < -0.39 is 15.8 Å². The topological polar surface area (TPSA) is 96.6 Å². The number of carbonyl (C=O) groups is 1. The molecule has 0 N–H and O–H groups in total. The van der Waals surface area contributed by atoms with Gasteiger partial charge in [0.25, 0.3) is 5.91 Å². The van der Waals surface area contributed by atoms with Gasteiger partial charge in [-0.1, -0.05) is 29.8 Å². The molecule has 4 aromatic rings. The molecule has 1 aliphatic heterocycles. The molecule has 10 heteroatoms. The average Bonchev–Trinajstić information content (AvgIpc) is 3.39. The van der Waals surface area contributed by atoms with Crippen molar-refractivity contribution in [2.24, 2.45) is 0 Å². The van der Waals surface area contributed by atoms with E-state index in [0.717, 1.165) is 17.2 Å². The highest BCUT2D eigenvalue weighted by Crippen LogP contribution is 2.25. The lowest BCUT2D eigenvalue weighted by Crippen LogP contribution is -2.50. The van der Waals surface area contributed by atoms with Crippen LogP contribution in [0.5, 0.6) is 0 Å². The third kappa shape index (κ3) is 4.65. The van der Waals surface area contributed by atoms with Gasteiger partial charge in [-0.3, -0.25) is 4.79 Å². The van der Waals surface area contributed by atoms with Crippen LogP contribution in [-0.4, -0.2) is 59.9 Å². The van der Waals surface area contributed by atoms with Gasteiger partial charge in [0.1, 0.15) is 10.7 Å². The van der Waals surface area contributed by atoms with Gasteiger partial charge >= 0.3 is 0 Å². The predicted octanol–water partition coefficient (Wildman–Crippen LogP) is 4.00. The Morgan fingerprint density at radius 1 is 0.833 bits per heavy atom. The molecule has 184 valence electrons. The molecule has 0 spiro atoms. The van der Waals surface area contributed by atoms with Gasteiger partial charge in [0, 0.05) is 42.9 Å². The lowest BCUT2D eigenvalue weighted by molar-refractivity contribution is 0.0697. The molecule has 0 saturated carbocycles. The number of aromatic nitrogens is 2. The second kappa shape index (κ2) is 9.63. The highest BCUT2D eigenvalue weighted by molar-refractivity contribution is 7.89. The minimum Gasteiger partial charge on any atom is -0.416 e. The Hall–Kier alpha value is -3.89. The lowest BCUT2D eigenvalue weighted by Gasteiger charge is -2.34. The standard InChI is InChI=1S/C26H23FN4O4S/c1-18-6-8-19(9-7-18)24-28-29-25(35-24)20-10-12-21(13-11-20)26(32)30-14-16-31(17-15-30)36(33,34)23-5-3-2-4-22(23)27/h2-13H,14-17H2,1H3. The molecule has 1 amide bonds. The first-order valence-electron chi connectivity index (χ1n) is 11.4. The molecule has 0 bridgehead atoms. The molecule has 1 fully saturated rings. The van der Waals surface area contributed by atoms with Gasteiger partial charge in [-0.15, -0.1) is 10.2 Å². The Kier molecular flexibility index (Phi) is 6.38. The van der Waals surface area contributed by atoms with Gasteiger partial charge < -0.3 is 9.32 Å². The molecule has 3 aromatic carbocycles. The first-order chi connectivity index (χ1) is 17.3. The van der Waals surface area contributed by atoms with Crippen molar-refractivity contribution < 1.29 is 22.0 Å². The summed E-state index contributed by atoms with van der Waals surface area (Å²) in [5.41, 5.74) is 3.09. The molecule has 8 nitrogen and oxygen atoms in total. The van der Waals surface area contributed by atoms with Gasteiger partial charge in [0.05, 0.1) is 0 Å². The third-order valence-electron chi connectivity index (χ3n) is 6.08. The molecule has 1 aromatic heterocycles. The molecule has 0 atom stereocenters. The van der Waals surface area contributed by atoms with Gasteiger partial charge in [0.2, 0.25) is 21.8 Å². The summed E-state index contributed by atoms with van der Waals surface area (Å²) < 4.78 is 46.6. The molecule has 0 unspecified atom stereocenters. The van der Waals surface area contributed by atoms with Crippen LogP contribution in [0.3, 0.4) is 0 Å². The number of sulfonamides is 1. The smallest absolute Gasteiger partial charge is 0.253 e. The summed E-state index contributed by atoms with van der Waals surface area (Å²) in [6, 6.07) is 19.9. The number of amides is 1. The molecule has 0 aliphatic carbocycles. The van der Waals surface area contributed by atoms with Crippen molar-refractivity contribution in [3.8, 4) is 22.9 Å². The fourth-order valence-electron chi connectivity index (χ4n) is 4.02. The zero-order chi connectivity index (χ0) is 25.3. The number of piperazine rings is 1. The first kappa shape index (κ1) is 23.8. The number of rotatable bonds is 5. The Morgan fingerprint density at radius 3 is 1.97 bits per heavy atom. The van der Waals surface area contributed by atoms with Crippen molar-refractivity contribution in [2.75, 3.05) is 26.2 Å². The summed E-state index contributed by atoms with van der Waals surface area (Å²) >= 11 is 0. The largest absolute Gasteiger partial charge is 0.416 e. The fourth-order valence-corrected chi connectivity index (χ4v) is 5.50. The van der Waals surface area contributed by atoms with Gasteiger partial charge in [-0.25, -0.2) is 12.8 Å². The summed E-state index contributed by atoms with van der Waals surface area (Å²) in [4.78, 5) is 14.2. The summed E-state index contributed by atoms with van der Waals surface area (Å²) in [6.45, 7) is 2.59. The SMILES string of the molecule is Cc1ccc(-c2nnc(-c3ccc(C(=O)N4CCN(S(=O)(=O)c5ccccc5F)CC4)cc3)o2)cc1. The Labute approximate surface area is 208 Å². The van der Waals surface area contributed by atoms with E-state index in [0.29, 0.717) is 22.9 Å². The monoisotopic (exact) mass is 506 g/mol. The number of hydrogen-bond donors (Lipinski definition) is 0. The van der Waals surface area contributed by atoms with Crippen molar-refractivity contribution in [1.82, 2.24) is 19.4 Å². The van der Waals surface area contributed by atoms with Crippen LogP contribution in [0.15, 0.2) is 82.1 Å². The Balaban J connectivity index is 1.24. The van der Waals surface area contributed by atoms with Crippen molar-refractivity contribution in [2.45, 2.75) is 11.8 Å². The van der Waals surface area contributed by atoms with E-state index in [1.165, 1.54) is 22.5 Å². The van der Waals surface area contributed by atoms with Crippen molar-refractivity contribution >= 4 is 15.9 Å². The summed E-state index contributed by atoms with van der Waals surface area (Å²) in [5.74, 6) is -0.247. The minimum absolute atomic E-state index is 0.0876. The second-order valence-corrected chi connectivity index (χ2v) is 10.4. The van der Waals surface area contributed by atoms with Crippen LogP contribution in [0.4, 0.5) is 4.39 Å². The molecule has 36 heavy (non-hydrogen) atoms. The van der Waals surface area contributed by atoms with E-state index in [4.69, 9.17) is 4.42 Å². The molecule has 1 saturated heterocycles. The lowest BCUT2D eigenvalue weighted by atomic mass is 10.1. The number of nitrogens with zero attached hydrogens (tertiary/aromatic N) is 4. The van der Waals surface area contributed by atoms with Crippen LogP contribution in [0.1, 0.15) is 15.9 Å². The molecule has 0 radical (unpaired) electrons. The van der Waals surface area contributed by atoms with Gasteiger partial charge in [-0.05, 0) is 55.5 Å².